The molecule has 0 saturated carbocycles. The van der Waals surface area contributed by atoms with Crippen molar-refractivity contribution in [1.29, 1.82) is 0 Å². The third kappa shape index (κ3) is 2.16. The first kappa shape index (κ1) is 11.4. The first-order valence-electron chi connectivity index (χ1n) is 5.34. The Balaban J connectivity index is 2.03. The van der Waals surface area contributed by atoms with E-state index in [1.54, 1.807) is 22.0 Å². The van der Waals surface area contributed by atoms with Crippen molar-refractivity contribution in [2.24, 2.45) is 0 Å². The molecule has 0 spiro atoms. The normalized spacial score (nSPS) is 11.6. The van der Waals surface area contributed by atoms with Crippen molar-refractivity contribution in [3.8, 4) is 0 Å². The SMILES string of the molecule is CSc1nc2nccc(/C=C/c3cccs3)n2n1. The Morgan fingerprint density at radius 2 is 2.28 bits per heavy atom. The number of thioether (sulfide) groups is 1. The summed E-state index contributed by atoms with van der Waals surface area (Å²) in [6.45, 7) is 0. The van der Waals surface area contributed by atoms with Crippen LogP contribution in [-0.2, 0) is 0 Å². The predicted molar refractivity (Wildman–Crippen MR) is 75.8 cm³/mol. The third-order valence-electron chi connectivity index (χ3n) is 2.39. The molecule has 6 heteroatoms. The van der Waals surface area contributed by atoms with E-state index in [0.29, 0.717) is 5.78 Å². The van der Waals surface area contributed by atoms with Gasteiger partial charge in [-0.1, -0.05) is 17.8 Å². The van der Waals surface area contributed by atoms with Gasteiger partial charge in [0.05, 0.1) is 5.69 Å². The van der Waals surface area contributed by atoms with Crippen LogP contribution in [0.15, 0.2) is 34.9 Å². The van der Waals surface area contributed by atoms with Gasteiger partial charge in [-0.25, -0.2) is 4.98 Å². The smallest absolute Gasteiger partial charge is 0.220 e. The molecule has 0 bridgehead atoms. The summed E-state index contributed by atoms with van der Waals surface area (Å²) in [6, 6.07) is 6.04. The molecule has 4 nitrogen and oxygen atoms in total. The highest BCUT2D eigenvalue weighted by Gasteiger charge is 2.05. The van der Waals surface area contributed by atoms with Crippen LogP contribution in [0.2, 0.25) is 0 Å². The fourth-order valence-electron chi connectivity index (χ4n) is 1.56. The van der Waals surface area contributed by atoms with Crippen LogP contribution >= 0.6 is 23.1 Å². The molecule has 0 unspecified atom stereocenters. The zero-order valence-corrected chi connectivity index (χ0v) is 11.3. The van der Waals surface area contributed by atoms with E-state index in [9.17, 15) is 0 Å². The Kier molecular flexibility index (Phi) is 3.12. The van der Waals surface area contributed by atoms with Crippen molar-refractivity contribution in [2.75, 3.05) is 6.26 Å². The highest BCUT2D eigenvalue weighted by Crippen LogP contribution is 2.15. The van der Waals surface area contributed by atoms with E-state index in [1.807, 2.05) is 24.5 Å². The number of hydrogen-bond acceptors (Lipinski definition) is 5. The maximum Gasteiger partial charge on any atom is 0.253 e. The molecule has 0 fully saturated rings. The van der Waals surface area contributed by atoms with Gasteiger partial charge in [0.25, 0.3) is 5.78 Å². The zero-order chi connectivity index (χ0) is 12.4. The number of nitrogens with zero attached hydrogens (tertiary/aromatic N) is 4. The van der Waals surface area contributed by atoms with Gasteiger partial charge in [0, 0.05) is 11.1 Å². The molecule has 18 heavy (non-hydrogen) atoms. The summed E-state index contributed by atoms with van der Waals surface area (Å²) in [5.74, 6) is 0.632. The standard InChI is InChI=1S/C12H10N4S2/c1-17-12-14-11-13-7-6-9(16(11)15-12)4-5-10-3-2-8-18-10/h2-8H,1H3/b5-4+. The van der Waals surface area contributed by atoms with Gasteiger partial charge >= 0.3 is 0 Å². The van der Waals surface area contributed by atoms with Crippen molar-refractivity contribution in [3.63, 3.8) is 0 Å². The van der Waals surface area contributed by atoms with Crippen LogP contribution < -0.4 is 0 Å². The van der Waals surface area contributed by atoms with Gasteiger partial charge in [-0.2, -0.15) is 9.50 Å². The van der Waals surface area contributed by atoms with Gasteiger partial charge in [0.2, 0.25) is 5.16 Å². The minimum atomic E-state index is 0.632. The summed E-state index contributed by atoms with van der Waals surface area (Å²) in [4.78, 5) is 9.72. The Morgan fingerprint density at radius 3 is 3.06 bits per heavy atom. The van der Waals surface area contributed by atoms with Crippen molar-refractivity contribution in [2.45, 2.75) is 5.16 Å². The molecule has 0 aliphatic rings. The van der Waals surface area contributed by atoms with E-state index in [4.69, 9.17) is 0 Å². The topological polar surface area (TPSA) is 43.1 Å². The molecule has 0 saturated heterocycles. The molecule has 0 atom stereocenters. The molecule has 0 aromatic carbocycles. The number of aromatic nitrogens is 4. The summed E-state index contributed by atoms with van der Waals surface area (Å²) in [5, 5.41) is 7.18. The van der Waals surface area contributed by atoms with E-state index >= 15 is 0 Å². The lowest BCUT2D eigenvalue weighted by molar-refractivity contribution is 0.872. The van der Waals surface area contributed by atoms with Gasteiger partial charge < -0.3 is 0 Å². The molecule has 0 aliphatic carbocycles. The van der Waals surface area contributed by atoms with Gasteiger partial charge in [0.1, 0.15) is 0 Å². The Hall–Kier alpha value is -1.66. The van der Waals surface area contributed by atoms with Gasteiger partial charge in [-0.3, -0.25) is 0 Å². The van der Waals surface area contributed by atoms with Crippen LogP contribution in [0.3, 0.4) is 0 Å². The summed E-state index contributed by atoms with van der Waals surface area (Å²) >= 11 is 3.22. The molecule has 3 aromatic heterocycles. The summed E-state index contributed by atoms with van der Waals surface area (Å²) in [5.41, 5.74) is 0.973. The molecule has 0 amide bonds. The number of thiophene rings is 1. The fourth-order valence-corrected chi connectivity index (χ4v) is 2.51. The van der Waals surface area contributed by atoms with Crippen LogP contribution in [0.1, 0.15) is 10.6 Å². The first-order valence-corrected chi connectivity index (χ1v) is 7.44. The molecule has 0 N–H and O–H groups in total. The molecule has 90 valence electrons. The highest BCUT2D eigenvalue weighted by atomic mass is 32.2. The lowest BCUT2D eigenvalue weighted by Gasteiger charge is -1.95. The van der Waals surface area contributed by atoms with E-state index in [1.165, 1.54) is 16.6 Å². The van der Waals surface area contributed by atoms with Crippen LogP contribution in [-0.4, -0.2) is 25.8 Å². The number of rotatable bonds is 3. The van der Waals surface area contributed by atoms with Gasteiger partial charge in [-0.15, -0.1) is 16.4 Å². The molecule has 3 heterocycles. The minimum absolute atomic E-state index is 0.632. The second-order valence-corrected chi connectivity index (χ2v) is 5.28. The van der Waals surface area contributed by atoms with Crippen LogP contribution in [0.4, 0.5) is 0 Å². The quantitative estimate of drug-likeness (QED) is 0.688. The fraction of sp³-hybridized carbons (Fsp3) is 0.0833. The summed E-state index contributed by atoms with van der Waals surface area (Å²) in [7, 11) is 0. The molecule has 0 aliphatic heterocycles. The van der Waals surface area contributed by atoms with Gasteiger partial charge in [-0.05, 0) is 35.9 Å². The van der Waals surface area contributed by atoms with Crippen LogP contribution in [0.5, 0.6) is 0 Å². The largest absolute Gasteiger partial charge is 0.253 e. The van der Waals surface area contributed by atoms with Crippen molar-refractivity contribution >= 4 is 41.0 Å². The molecule has 3 rings (SSSR count). The Bertz CT molecular complexity index is 685. The second-order valence-electron chi connectivity index (χ2n) is 3.53. The van der Waals surface area contributed by atoms with Gasteiger partial charge in [0.15, 0.2) is 0 Å². The monoisotopic (exact) mass is 274 g/mol. The van der Waals surface area contributed by atoms with Crippen LogP contribution in [0.25, 0.3) is 17.9 Å². The summed E-state index contributed by atoms with van der Waals surface area (Å²) in [6.07, 6.45) is 7.80. The average Bonchev–Trinajstić information content (AvgIpc) is 3.04. The molecule has 0 radical (unpaired) electrons. The Morgan fingerprint density at radius 1 is 1.33 bits per heavy atom. The predicted octanol–water partition coefficient (Wildman–Crippen LogP) is 3.08. The van der Waals surface area contributed by atoms with E-state index in [-0.39, 0.29) is 0 Å². The minimum Gasteiger partial charge on any atom is -0.220 e. The van der Waals surface area contributed by atoms with E-state index in [2.05, 4.69) is 32.6 Å². The maximum atomic E-state index is 4.39. The zero-order valence-electron chi connectivity index (χ0n) is 9.65. The van der Waals surface area contributed by atoms with E-state index in [0.717, 1.165) is 10.9 Å². The maximum absolute atomic E-state index is 4.39. The second kappa shape index (κ2) is 4.91. The summed E-state index contributed by atoms with van der Waals surface area (Å²) < 4.78 is 1.76. The van der Waals surface area contributed by atoms with Crippen LogP contribution in [0, 0.1) is 0 Å². The first-order chi connectivity index (χ1) is 8.86. The highest BCUT2D eigenvalue weighted by molar-refractivity contribution is 7.98. The van der Waals surface area contributed by atoms with Crippen molar-refractivity contribution in [1.82, 2.24) is 19.6 Å². The number of fused-ring (bicyclic) bond motifs is 1. The molecular formula is C12H10N4S2. The van der Waals surface area contributed by atoms with Crippen molar-refractivity contribution < 1.29 is 0 Å². The average molecular weight is 274 g/mol. The van der Waals surface area contributed by atoms with Crippen molar-refractivity contribution in [3.05, 3.63) is 40.3 Å². The Labute approximate surface area is 112 Å². The number of hydrogen-bond donors (Lipinski definition) is 0. The third-order valence-corrected chi connectivity index (χ3v) is 3.77. The van der Waals surface area contributed by atoms with E-state index < -0.39 is 0 Å². The molecule has 3 aromatic rings. The molecular weight excluding hydrogens is 264 g/mol. The lowest BCUT2D eigenvalue weighted by Crippen LogP contribution is -1.94. The lowest BCUT2D eigenvalue weighted by atomic mass is 10.3.